The molecule has 1 fully saturated rings. The SMILES string of the molecule is CCCNCCCN(C)S(=O)(=O)N1CCC(CC)(CC)C1. The molecule has 126 valence electrons. The van der Waals surface area contributed by atoms with Crippen LogP contribution in [0.5, 0.6) is 0 Å². The molecule has 1 heterocycles. The van der Waals surface area contributed by atoms with Gasteiger partial charge in [-0.05, 0) is 50.6 Å². The molecule has 5 nitrogen and oxygen atoms in total. The number of hydrogen-bond donors (Lipinski definition) is 1. The van der Waals surface area contributed by atoms with Crippen molar-refractivity contribution in [2.75, 3.05) is 39.8 Å². The number of hydrogen-bond acceptors (Lipinski definition) is 3. The van der Waals surface area contributed by atoms with Gasteiger partial charge in [0.25, 0.3) is 10.2 Å². The van der Waals surface area contributed by atoms with E-state index in [1.165, 1.54) is 4.31 Å². The van der Waals surface area contributed by atoms with Crippen LogP contribution in [0, 0.1) is 5.41 Å². The Bertz CT molecular complexity index is 394. The van der Waals surface area contributed by atoms with Gasteiger partial charge in [-0.25, -0.2) is 0 Å². The molecule has 0 spiro atoms. The average molecular weight is 320 g/mol. The highest BCUT2D eigenvalue weighted by atomic mass is 32.2. The molecular weight excluding hydrogens is 286 g/mol. The summed E-state index contributed by atoms with van der Waals surface area (Å²) in [5, 5.41) is 3.31. The third-order valence-corrected chi connectivity index (χ3v) is 6.81. The lowest BCUT2D eigenvalue weighted by Gasteiger charge is -2.28. The Labute approximate surface area is 131 Å². The van der Waals surface area contributed by atoms with Gasteiger partial charge in [0, 0.05) is 26.7 Å². The Hall–Kier alpha value is -0.170. The van der Waals surface area contributed by atoms with Gasteiger partial charge in [-0.3, -0.25) is 0 Å². The molecule has 1 N–H and O–H groups in total. The van der Waals surface area contributed by atoms with E-state index in [1.54, 1.807) is 11.4 Å². The van der Waals surface area contributed by atoms with Gasteiger partial charge in [0.1, 0.15) is 0 Å². The molecule has 0 saturated carbocycles. The van der Waals surface area contributed by atoms with Crippen LogP contribution in [0.25, 0.3) is 0 Å². The minimum absolute atomic E-state index is 0.191. The summed E-state index contributed by atoms with van der Waals surface area (Å²) in [5.74, 6) is 0. The summed E-state index contributed by atoms with van der Waals surface area (Å²) in [4.78, 5) is 0. The van der Waals surface area contributed by atoms with Crippen LogP contribution in [0.4, 0.5) is 0 Å². The Morgan fingerprint density at radius 2 is 1.86 bits per heavy atom. The Balaban J connectivity index is 2.49. The van der Waals surface area contributed by atoms with Crippen LogP contribution in [-0.4, -0.2) is 56.8 Å². The molecule has 0 radical (unpaired) electrons. The van der Waals surface area contributed by atoms with Gasteiger partial charge in [-0.1, -0.05) is 20.8 Å². The molecule has 1 aliphatic rings. The average Bonchev–Trinajstić information content (AvgIpc) is 2.92. The van der Waals surface area contributed by atoms with E-state index in [2.05, 4.69) is 26.1 Å². The summed E-state index contributed by atoms with van der Waals surface area (Å²) in [6, 6.07) is 0. The van der Waals surface area contributed by atoms with E-state index in [1.807, 2.05) is 0 Å². The maximum atomic E-state index is 12.6. The third-order valence-electron chi connectivity index (χ3n) is 4.88. The number of nitrogens with zero attached hydrogens (tertiary/aromatic N) is 2. The van der Waals surface area contributed by atoms with Crippen LogP contribution in [-0.2, 0) is 10.2 Å². The van der Waals surface area contributed by atoms with Crippen LogP contribution < -0.4 is 5.32 Å². The molecule has 1 rings (SSSR count). The van der Waals surface area contributed by atoms with E-state index in [9.17, 15) is 8.42 Å². The highest BCUT2D eigenvalue weighted by molar-refractivity contribution is 7.86. The molecule has 0 atom stereocenters. The molecule has 0 unspecified atom stereocenters. The maximum absolute atomic E-state index is 12.6. The van der Waals surface area contributed by atoms with Crippen molar-refractivity contribution in [2.24, 2.45) is 5.41 Å². The molecule has 0 aromatic rings. The van der Waals surface area contributed by atoms with Crippen molar-refractivity contribution in [3.05, 3.63) is 0 Å². The Kier molecular flexibility index (Phi) is 7.60. The summed E-state index contributed by atoms with van der Waals surface area (Å²) in [7, 11) is -1.58. The van der Waals surface area contributed by atoms with Crippen LogP contribution in [0.3, 0.4) is 0 Å². The molecule has 0 amide bonds. The second-order valence-electron chi connectivity index (χ2n) is 6.22. The zero-order valence-electron chi connectivity index (χ0n) is 14.2. The first kappa shape index (κ1) is 18.9. The summed E-state index contributed by atoms with van der Waals surface area (Å²) >= 11 is 0. The van der Waals surface area contributed by atoms with Gasteiger partial charge in [-0.15, -0.1) is 0 Å². The van der Waals surface area contributed by atoms with E-state index in [0.717, 1.165) is 45.2 Å². The van der Waals surface area contributed by atoms with Crippen molar-refractivity contribution in [1.29, 1.82) is 0 Å². The predicted octanol–water partition coefficient (Wildman–Crippen LogP) is 2.06. The zero-order valence-corrected chi connectivity index (χ0v) is 15.0. The lowest BCUT2D eigenvalue weighted by Crippen LogP contribution is -2.42. The van der Waals surface area contributed by atoms with Gasteiger partial charge >= 0.3 is 0 Å². The van der Waals surface area contributed by atoms with E-state index in [-0.39, 0.29) is 5.41 Å². The van der Waals surface area contributed by atoms with Crippen molar-refractivity contribution in [3.63, 3.8) is 0 Å². The maximum Gasteiger partial charge on any atom is 0.281 e. The topological polar surface area (TPSA) is 52.7 Å². The van der Waals surface area contributed by atoms with Gasteiger partial charge < -0.3 is 5.32 Å². The van der Waals surface area contributed by atoms with Crippen LogP contribution >= 0.6 is 0 Å². The largest absolute Gasteiger partial charge is 0.317 e. The van der Waals surface area contributed by atoms with Crippen LogP contribution in [0.15, 0.2) is 0 Å². The van der Waals surface area contributed by atoms with E-state index in [4.69, 9.17) is 0 Å². The lowest BCUT2D eigenvalue weighted by molar-refractivity contribution is 0.274. The monoisotopic (exact) mass is 319 g/mol. The Morgan fingerprint density at radius 1 is 1.19 bits per heavy atom. The van der Waals surface area contributed by atoms with Crippen molar-refractivity contribution in [3.8, 4) is 0 Å². The van der Waals surface area contributed by atoms with Crippen molar-refractivity contribution in [1.82, 2.24) is 13.9 Å². The lowest BCUT2D eigenvalue weighted by atomic mass is 9.82. The molecule has 0 aromatic carbocycles. The fourth-order valence-corrected chi connectivity index (χ4v) is 4.47. The number of nitrogens with one attached hydrogen (secondary N) is 1. The van der Waals surface area contributed by atoms with E-state index >= 15 is 0 Å². The van der Waals surface area contributed by atoms with Crippen molar-refractivity contribution < 1.29 is 8.42 Å². The first-order chi connectivity index (χ1) is 9.91. The van der Waals surface area contributed by atoms with Crippen LogP contribution in [0.2, 0.25) is 0 Å². The summed E-state index contributed by atoms with van der Waals surface area (Å²) < 4.78 is 28.4. The molecular formula is C15H33N3O2S. The van der Waals surface area contributed by atoms with Gasteiger partial charge in [0.15, 0.2) is 0 Å². The molecule has 1 saturated heterocycles. The molecule has 0 bridgehead atoms. The molecule has 0 aliphatic carbocycles. The molecule has 21 heavy (non-hydrogen) atoms. The minimum atomic E-state index is -3.28. The molecule has 6 heteroatoms. The fourth-order valence-electron chi connectivity index (χ4n) is 2.96. The molecule has 0 aromatic heterocycles. The Morgan fingerprint density at radius 3 is 2.38 bits per heavy atom. The smallest absolute Gasteiger partial charge is 0.281 e. The quantitative estimate of drug-likeness (QED) is 0.627. The van der Waals surface area contributed by atoms with Crippen molar-refractivity contribution in [2.45, 2.75) is 52.9 Å². The third kappa shape index (κ3) is 4.91. The van der Waals surface area contributed by atoms with Gasteiger partial charge in [-0.2, -0.15) is 17.0 Å². The highest BCUT2D eigenvalue weighted by Gasteiger charge is 2.41. The van der Waals surface area contributed by atoms with Crippen molar-refractivity contribution >= 4 is 10.2 Å². The highest BCUT2D eigenvalue weighted by Crippen LogP contribution is 2.38. The predicted molar refractivity (Wildman–Crippen MR) is 88.5 cm³/mol. The van der Waals surface area contributed by atoms with Gasteiger partial charge in [0.05, 0.1) is 0 Å². The van der Waals surface area contributed by atoms with Crippen LogP contribution in [0.1, 0.15) is 52.9 Å². The minimum Gasteiger partial charge on any atom is -0.317 e. The standard InChI is InChI=1S/C15H33N3O2S/c1-5-10-16-11-8-12-17(4)21(19,20)18-13-9-15(6-2,7-3)14-18/h16H,5-14H2,1-4H3. The van der Waals surface area contributed by atoms with Gasteiger partial charge in [0.2, 0.25) is 0 Å². The first-order valence-electron chi connectivity index (χ1n) is 8.34. The number of rotatable bonds is 10. The second kappa shape index (κ2) is 8.46. The zero-order chi connectivity index (χ0) is 15.9. The summed E-state index contributed by atoms with van der Waals surface area (Å²) in [5.41, 5.74) is 0.191. The summed E-state index contributed by atoms with van der Waals surface area (Å²) in [6.45, 7) is 10.3. The van der Waals surface area contributed by atoms with E-state index in [0.29, 0.717) is 19.6 Å². The normalized spacial score (nSPS) is 19.5. The second-order valence-corrected chi connectivity index (χ2v) is 8.26. The molecule has 1 aliphatic heterocycles. The van der Waals surface area contributed by atoms with E-state index < -0.39 is 10.2 Å². The fraction of sp³-hybridized carbons (Fsp3) is 1.00. The first-order valence-corrected chi connectivity index (χ1v) is 9.73. The summed E-state index contributed by atoms with van der Waals surface area (Å²) in [6.07, 6.45) is 5.07.